The van der Waals surface area contributed by atoms with Crippen molar-refractivity contribution in [3.8, 4) is 0 Å². The predicted molar refractivity (Wildman–Crippen MR) is 104 cm³/mol. The predicted octanol–water partition coefficient (Wildman–Crippen LogP) is 2.69. The summed E-state index contributed by atoms with van der Waals surface area (Å²) in [5.41, 5.74) is 3.91. The first-order valence-corrected chi connectivity index (χ1v) is 11.1. The van der Waals surface area contributed by atoms with Crippen LogP contribution in [-0.2, 0) is 29.4 Å². The summed E-state index contributed by atoms with van der Waals surface area (Å²) >= 11 is 0. The zero-order chi connectivity index (χ0) is 18.0. The van der Waals surface area contributed by atoms with Crippen LogP contribution in [0.4, 0.5) is 0 Å². The first-order valence-electron chi connectivity index (χ1n) is 9.44. The molecule has 1 atom stereocenters. The van der Waals surface area contributed by atoms with Gasteiger partial charge in [0.2, 0.25) is 10.0 Å². The molecule has 2 aliphatic rings. The Morgan fingerprint density at radius 3 is 2.46 bits per heavy atom. The molecule has 0 amide bonds. The average molecular weight is 371 g/mol. The molecule has 1 saturated heterocycles. The molecule has 2 aromatic rings. The first-order chi connectivity index (χ1) is 12.6. The second-order valence-electron chi connectivity index (χ2n) is 7.34. The molecule has 26 heavy (non-hydrogen) atoms. The van der Waals surface area contributed by atoms with E-state index >= 15 is 0 Å². The van der Waals surface area contributed by atoms with Crippen LogP contribution in [0.2, 0.25) is 0 Å². The fourth-order valence-corrected chi connectivity index (χ4v) is 5.65. The van der Waals surface area contributed by atoms with Gasteiger partial charge >= 0.3 is 0 Å². The van der Waals surface area contributed by atoms with E-state index in [4.69, 9.17) is 0 Å². The molecule has 0 aromatic heterocycles. The lowest BCUT2D eigenvalue weighted by Crippen LogP contribution is -2.42. The van der Waals surface area contributed by atoms with Gasteiger partial charge in [0.15, 0.2) is 0 Å². The van der Waals surface area contributed by atoms with Gasteiger partial charge in [-0.3, -0.25) is 4.90 Å². The number of benzene rings is 2. The Labute approximate surface area is 156 Å². The van der Waals surface area contributed by atoms with Crippen LogP contribution in [0.15, 0.2) is 54.6 Å². The van der Waals surface area contributed by atoms with Gasteiger partial charge < -0.3 is 0 Å². The van der Waals surface area contributed by atoms with E-state index in [2.05, 4.69) is 29.2 Å². The van der Waals surface area contributed by atoms with Crippen LogP contribution in [-0.4, -0.2) is 49.1 Å². The molecule has 138 valence electrons. The lowest BCUT2D eigenvalue weighted by molar-refractivity contribution is 0.185. The second kappa shape index (κ2) is 7.51. The first kappa shape index (κ1) is 17.7. The molecule has 4 rings (SSSR count). The summed E-state index contributed by atoms with van der Waals surface area (Å²) in [7, 11) is -3.18. The van der Waals surface area contributed by atoms with Crippen molar-refractivity contribution in [1.29, 1.82) is 0 Å². The highest BCUT2D eigenvalue weighted by Gasteiger charge is 2.35. The monoisotopic (exact) mass is 370 g/mol. The number of aryl methyl sites for hydroxylation is 1. The lowest BCUT2D eigenvalue weighted by atomic mass is 9.98. The second-order valence-corrected chi connectivity index (χ2v) is 9.43. The third kappa shape index (κ3) is 3.85. The molecule has 0 N–H and O–H groups in total. The normalized spacial score (nSPS) is 21.6. The molecule has 0 aliphatic carbocycles. The van der Waals surface area contributed by atoms with Crippen LogP contribution in [0.3, 0.4) is 0 Å². The van der Waals surface area contributed by atoms with Gasteiger partial charge in [0.1, 0.15) is 0 Å². The summed E-state index contributed by atoms with van der Waals surface area (Å²) in [5.74, 6) is 0.201. The van der Waals surface area contributed by atoms with Crippen LogP contribution in [0.1, 0.15) is 23.1 Å². The van der Waals surface area contributed by atoms with Crippen LogP contribution in [0.5, 0.6) is 0 Å². The van der Waals surface area contributed by atoms with Gasteiger partial charge in [-0.1, -0.05) is 54.6 Å². The minimum atomic E-state index is -3.18. The van der Waals surface area contributed by atoms with E-state index in [0.717, 1.165) is 31.5 Å². The number of hydrogen-bond donors (Lipinski definition) is 0. The number of sulfonamides is 1. The number of fused-ring (bicyclic) bond motifs is 1. The maximum Gasteiger partial charge on any atom is 0.214 e. The molecule has 2 aliphatic heterocycles. The Morgan fingerprint density at radius 1 is 0.923 bits per heavy atom. The Hall–Kier alpha value is -1.69. The molecular formula is C21H26N2O2S. The van der Waals surface area contributed by atoms with Crippen LogP contribution in [0, 0.1) is 0 Å². The van der Waals surface area contributed by atoms with Gasteiger partial charge in [-0.2, -0.15) is 0 Å². The minimum absolute atomic E-state index is 0.201. The van der Waals surface area contributed by atoms with Crippen LogP contribution < -0.4 is 0 Å². The van der Waals surface area contributed by atoms with Crippen molar-refractivity contribution in [3.05, 3.63) is 71.3 Å². The van der Waals surface area contributed by atoms with E-state index in [9.17, 15) is 8.42 Å². The summed E-state index contributed by atoms with van der Waals surface area (Å²) in [4.78, 5) is 2.47. The van der Waals surface area contributed by atoms with Crippen molar-refractivity contribution < 1.29 is 8.42 Å². The van der Waals surface area contributed by atoms with Gasteiger partial charge in [0.05, 0.1) is 5.75 Å². The van der Waals surface area contributed by atoms with E-state index < -0.39 is 10.0 Å². The number of rotatable bonds is 5. The van der Waals surface area contributed by atoms with Gasteiger partial charge in [-0.15, -0.1) is 0 Å². The van der Waals surface area contributed by atoms with Crippen molar-refractivity contribution >= 4 is 10.0 Å². The minimum Gasteiger partial charge on any atom is -0.294 e. The Bertz CT molecular complexity index is 851. The summed E-state index contributed by atoms with van der Waals surface area (Å²) < 4.78 is 27.2. The standard InChI is InChI=1S/C21H26N2O2S/c24-26(25,15-12-18-6-2-1-3-7-18)23-14-11-21(17-23)22-13-10-19-8-4-5-9-20(19)16-22/h1-9,21H,10-17H2. The molecular weight excluding hydrogens is 344 g/mol. The van der Waals surface area contributed by atoms with Crippen molar-refractivity contribution in [1.82, 2.24) is 9.21 Å². The SMILES string of the molecule is O=S(=O)(CCc1ccccc1)N1CCC(N2CCc3ccccc3C2)C1. The van der Waals surface area contributed by atoms with E-state index in [1.807, 2.05) is 30.3 Å². The van der Waals surface area contributed by atoms with E-state index in [1.54, 1.807) is 4.31 Å². The molecule has 4 nitrogen and oxygen atoms in total. The highest BCUT2D eigenvalue weighted by Crippen LogP contribution is 2.25. The smallest absolute Gasteiger partial charge is 0.214 e. The summed E-state index contributed by atoms with van der Waals surface area (Å²) in [6.07, 6.45) is 2.58. The van der Waals surface area contributed by atoms with Gasteiger partial charge in [0, 0.05) is 32.2 Å². The Kier molecular flexibility index (Phi) is 5.11. The van der Waals surface area contributed by atoms with Gasteiger partial charge in [-0.25, -0.2) is 12.7 Å². The summed E-state index contributed by atoms with van der Waals surface area (Å²) in [6, 6.07) is 18.8. The summed E-state index contributed by atoms with van der Waals surface area (Å²) in [6.45, 7) is 3.26. The fraction of sp³-hybridized carbons (Fsp3) is 0.429. The van der Waals surface area contributed by atoms with Gasteiger partial charge in [-0.05, 0) is 36.0 Å². The van der Waals surface area contributed by atoms with Crippen molar-refractivity contribution in [2.75, 3.05) is 25.4 Å². The lowest BCUT2D eigenvalue weighted by Gasteiger charge is -2.33. The fourth-order valence-electron chi connectivity index (χ4n) is 4.11. The third-order valence-corrected chi connectivity index (χ3v) is 7.53. The van der Waals surface area contributed by atoms with E-state index in [0.29, 0.717) is 25.6 Å². The number of hydrogen-bond acceptors (Lipinski definition) is 3. The molecule has 0 saturated carbocycles. The van der Waals surface area contributed by atoms with Gasteiger partial charge in [0.25, 0.3) is 0 Å². The van der Waals surface area contributed by atoms with Crippen molar-refractivity contribution in [2.24, 2.45) is 0 Å². The zero-order valence-corrected chi connectivity index (χ0v) is 15.9. The molecule has 2 heterocycles. The highest BCUT2D eigenvalue weighted by atomic mass is 32.2. The number of nitrogens with zero attached hydrogens (tertiary/aromatic N) is 2. The molecule has 1 unspecified atom stereocenters. The van der Waals surface area contributed by atoms with Crippen molar-refractivity contribution in [3.63, 3.8) is 0 Å². The average Bonchev–Trinajstić information content (AvgIpc) is 3.18. The molecule has 0 spiro atoms. The Morgan fingerprint density at radius 2 is 1.65 bits per heavy atom. The van der Waals surface area contributed by atoms with E-state index in [-0.39, 0.29) is 5.75 Å². The highest BCUT2D eigenvalue weighted by molar-refractivity contribution is 7.89. The molecule has 2 aromatic carbocycles. The van der Waals surface area contributed by atoms with Crippen LogP contribution in [0.25, 0.3) is 0 Å². The topological polar surface area (TPSA) is 40.6 Å². The largest absolute Gasteiger partial charge is 0.294 e. The molecule has 0 radical (unpaired) electrons. The molecule has 1 fully saturated rings. The molecule has 5 heteroatoms. The Balaban J connectivity index is 1.36. The maximum atomic E-state index is 12.7. The third-order valence-electron chi connectivity index (χ3n) is 5.69. The van der Waals surface area contributed by atoms with Crippen molar-refractivity contribution in [2.45, 2.75) is 31.8 Å². The van der Waals surface area contributed by atoms with E-state index in [1.165, 1.54) is 11.1 Å². The quantitative estimate of drug-likeness (QED) is 0.813. The maximum absolute atomic E-state index is 12.7. The zero-order valence-electron chi connectivity index (χ0n) is 15.0. The van der Waals surface area contributed by atoms with Crippen LogP contribution >= 0.6 is 0 Å². The summed E-state index contributed by atoms with van der Waals surface area (Å²) in [5, 5.41) is 0. The molecule has 0 bridgehead atoms.